The lowest BCUT2D eigenvalue weighted by atomic mass is 10.3. The molecule has 0 aliphatic rings. The van der Waals surface area contributed by atoms with Gasteiger partial charge in [-0.05, 0) is 43.9 Å². The van der Waals surface area contributed by atoms with E-state index in [1.807, 2.05) is 61.7 Å². The van der Waals surface area contributed by atoms with E-state index < -0.39 is 5.97 Å². The molecule has 0 bridgehead atoms. The molecule has 0 heterocycles. The molecular formula is C21H25NO5S. The highest BCUT2D eigenvalue weighted by Crippen LogP contribution is 2.26. The van der Waals surface area contributed by atoms with E-state index in [0.717, 1.165) is 4.90 Å². The molecule has 0 atom stereocenters. The van der Waals surface area contributed by atoms with Gasteiger partial charge >= 0.3 is 5.97 Å². The molecule has 0 fully saturated rings. The van der Waals surface area contributed by atoms with E-state index in [-0.39, 0.29) is 18.9 Å². The van der Waals surface area contributed by atoms with Crippen LogP contribution < -0.4 is 14.8 Å². The molecule has 1 amide bonds. The zero-order valence-corrected chi connectivity index (χ0v) is 16.9. The highest BCUT2D eigenvalue weighted by atomic mass is 32.2. The molecule has 150 valence electrons. The molecule has 2 aromatic carbocycles. The number of esters is 1. The Morgan fingerprint density at radius 3 is 2.39 bits per heavy atom. The van der Waals surface area contributed by atoms with Crippen molar-refractivity contribution in [3.8, 4) is 11.5 Å². The Labute approximate surface area is 169 Å². The molecule has 0 saturated carbocycles. The number of thioether (sulfide) groups is 1. The minimum atomic E-state index is -0.435. The number of carbonyl (C=O) groups excluding carboxylic acids is 2. The predicted octanol–water partition coefficient (Wildman–Crippen LogP) is 4.15. The van der Waals surface area contributed by atoms with Crippen molar-refractivity contribution in [2.45, 2.75) is 24.7 Å². The van der Waals surface area contributed by atoms with Crippen LogP contribution in [-0.2, 0) is 14.3 Å². The standard InChI is InChI=1S/C21H25NO5S/c1-3-25-17-10-5-6-11-18(17)26-14-8-13-21(24)27-15-20(23)22-16-9-4-7-12-19(16)28-2/h4-7,9-12H,3,8,13-15H2,1-2H3,(H,22,23). The summed E-state index contributed by atoms with van der Waals surface area (Å²) < 4.78 is 16.2. The number of nitrogens with one attached hydrogen (secondary N) is 1. The van der Waals surface area contributed by atoms with Crippen molar-refractivity contribution < 1.29 is 23.8 Å². The zero-order valence-electron chi connectivity index (χ0n) is 16.1. The maximum absolute atomic E-state index is 12.0. The van der Waals surface area contributed by atoms with Gasteiger partial charge in [0.15, 0.2) is 18.1 Å². The van der Waals surface area contributed by atoms with Gasteiger partial charge in [0, 0.05) is 11.3 Å². The van der Waals surface area contributed by atoms with Crippen LogP contribution in [0.15, 0.2) is 53.4 Å². The summed E-state index contributed by atoms with van der Waals surface area (Å²) >= 11 is 1.53. The lowest BCUT2D eigenvalue weighted by molar-refractivity contribution is -0.147. The fraction of sp³-hybridized carbons (Fsp3) is 0.333. The Morgan fingerprint density at radius 2 is 1.68 bits per heavy atom. The van der Waals surface area contributed by atoms with Crippen molar-refractivity contribution in [2.75, 3.05) is 31.4 Å². The lowest BCUT2D eigenvalue weighted by Crippen LogP contribution is -2.21. The molecule has 0 radical (unpaired) electrons. The predicted molar refractivity (Wildman–Crippen MR) is 110 cm³/mol. The van der Waals surface area contributed by atoms with Crippen molar-refractivity contribution in [2.24, 2.45) is 0 Å². The Kier molecular flexibility index (Phi) is 9.21. The third-order valence-corrected chi connectivity index (χ3v) is 4.47. The quantitative estimate of drug-likeness (QED) is 0.345. The smallest absolute Gasteiger partial charge is 0.306 e. The first-order valence-electron chi connectivity index (χ1n) is 9.07. The maximum Gasteiger partial charge on any atom is 0.306 e. The third kappa shape index (κ3) is 7.15. The number of hydrogen-bond acceptors (Lipinski definition) is 6. The highest BCUT2D eigenvalue weighted by molar-refractivity contribution is 7.98. The van der Waals surface area contributed by atoms with Gasteiger partial charge in [0.1, 0.15) is 0 Å². The van der Waals surface area contributed by atoms with Gasteiger partial charge in [0.05, 0.1) is 18.9 Å². The summed E-state index contributed by atoms with van der Waals surface area (Å²) in [6.07, 6.45) is 2.58. The number of para-hydroxylation sites is 3. The number of rotatable bonds is 11. The average molecular weight is 404 g/mol. The monoisotopic (exact) mass is 403 g/mol. The van der Waals surface area contributed by atoms with Crippen LogP contribution in [0.25, 0.3) is 0 Å². The van der Waals surface area contributed by atoms with Crippen LogP contribution in [0.5, 0.6) is 11.5 Å². The Morgan fingerprint density at radius 1 is 1.00 bits per heavy atom. The van der Waals surface area contributed by atoms with Crippen LogP contribution in [0, 0.1) is 0 Å². The second-order valence-corrected chi connectivity index (χ2v) is 6.59. The molecule has 0 aliphatic carbocycles. The first kappa shape index (κ1) is 21.6. The Balaban J connectivity index is 1.67. The molecule has 0 saturated heterocycles. The van der Waals surface area contributed by atoms with Gasteiger partial charge in [-0.1, -0.05) is 24.3 Å². The molecule has 2 rings (SSSR count). The largest absolute Gasteiger partial charge is 0.490 e. The summed E-state index contributed by atoms with van der Waals surface area (Å²) in [6, 6.07) is 14.8. The molecular weight excluding hydrogens is 378 g/mol. The van der Waals surface area contributed by atoms with Crippen LogP contribution in [-0.4, -0.2) is 38.0 Å². The topological polar surface area (TPSA) is 73.9 Å². The van der Waals surface area contributed by atoms with Crippen LogP contribution in [0.2, 0.25) is 0 Å². The van der Waals surface area contributed by atoms with Gasteiger partial charge in [-0.25, -0.2) is 0 Å². The second kappa shape index (κ2) is 11.9. The summed E-state index contributed by atoms with van der Waals surface area (Å²) in [5.41, 5.74) is 0.706. The van der Waals surface area contributed by atoms with Crippen molar-refractivity contribution in [3.63, 3.8) is 0 Å². The fourth-order valence-corrected chi connectivity index (χ4v) is 2.95. The number of anilines is 1. The molecule has 6 nitrogen and oxygen atoms in total. The first-order valence-corrected chi connectivity index (χ1v) is 10.3. The minimum absolute atomic E-state index is 0.172. The molecule has 7 heteroatoms. The molecule has 0 spiro atoms. The van der Waals surface area contributed by atoms with Gasteiger partial charge < -0.3 is 19.5 Å². The van der Waals surface area contributed by atoms with Crippen LogP contribution in [0.1, 0.15) is 19.8 Å². The summed E-state index contributed by atoms with van der Waals surface area (Å²) in [5.74, 6) is 0.520. The average Bonchev–Trinajstić information content (AvgIpc) is 2.71. The Bertz CT molecular complexity index is 781. The number of carbonyl (C=O) groups is 2. The molecule has 0 unspecified atom stereocenters. The van der Waals surface area contributed by atoms with Crippen LogP contribution in [0.3, 0.4) is 0 Å². The van der Waals surface area contributed by atoms with Crippen molar-refractivity contribution in [1.82, 2.24) is 0 Å². The van der Waals surface area contributed by atoms with E-state index in [1.54, 1.807) is 0 Å². The van der Waals surface area contributed by atoms with E-state index >= 15 is 0 Å². The highest BCUT2D eigenvalue weighted by Gasteiger charge is 2.10. The van der Waals surface area contributed by atoms with E-state index in [4.69, 9.17) is 14.2 Å². The van der Waals surface area contributed by atoms with E-state index in [2.05, 4.69) is 5.32 Å². The summed E-state index contributed by atoms with van der Waals surface area (Å²) in [7, 11) is 0. The number of amides is 1. The second-order valence-electron chi connectivity index (χ2n) is 5.74. The minimum Gasteiger partial charge on any atom is -0.490 e. The summed E-state index contributed by atoms with van der Waals surface area (Å²) in [5, 5.41) is 2.75. The molecule has 1 N–H and O–H groups in total. The Hall–Kier alpha value is -2.67. The number of benzene rings is 2. The van der Waals surface area contributed by atoms with Crippen molar-refractivity contribution >= 4 is 29.3 Å². The first-order chi connectivity index (χ1) is 13.6. The summed E-state index contributed by atoms with van der Waals surface area (Å²) in [4.78, 5) is 24.7. The molecule has 28 heavy (non-hydrogen) atoms. The number of hydrogen-bond donors (Lipinski definition) is 1. The van der Waals surface area contributed by atoms with Crippen molar-refractivity contribution in [3.05, 3.63) is 48.5 Å². The fourth-order valence-electron chi connectivity index (χ4n) is 2.40. The van der Waals surface area contributed by atoms with Gasteiger partial charge in [-0.2, -0.15) is 0 Å². The van der Waals surface area contributed by atoms with Crippen molar-refractivity contribution in [1.29, 1.82) is 0 Å². The van der Waals surface area contributed by atoms with Gasteiger partial charge in [-0.3, -0.25) is 9.59 Å². The SMILES string of the molecule is CCOc1ccccc1OCCCC(=O)OCC(=O)Nc1ccccc1SC. The normalized spacial score (nSPS) is 10.2. The van der Waals surface area contributed by atoms with E-state index in [1.165, 1.54) is 11.8 Å². The van der Waals surface area contributed by atoms with Gasteiger partial charge in [0.2, 0.25) is 0 Å². The van der Waals surface area contributed by atoms with E-state index in [9.17, 15) is 9.59 Å². The number of ether oxygens (including phenoxy) is 3. The molecule has 2 aromatic rings. The maximum atomic E-state index is 12.0. The van der Waals surface area contributed by atoms with Crippen LogP contribution >= 0.6 is 11.8 Å². The van der Waals surface area contributed by atoms with Crippen LogP contribution in [0.4, 0.5) is 5.69 Å². The lowest BCUT2D eigenvalue weighted by Gasteiger charge is -2.11. The molecule has 0 aliphatic heterocycles. The summed E-state index contributed by atoms with van der Waals surface area (Å²) in [6.45, 7) is 2.50. The molecule has 0 aromatic heterocycles. The third-order valence-electron chi connectivity index (χ3n) is 3.68. The van der Waals surface area contributed by atoms with Gasteiger partial charge in [-0.15, -0.1) is 11.8 Å². The zero-order chi connectivity index (χ0) is 20.2. The van der Waals surface area contributed by atoms with Gasteiger partial charge in [0.25, 0.3) is 5.91 Å². The van der Waals surface area contributed by atoms with E-state index in [0.29, 0.717) is 36.8 Å².